The first-order chi connectivity index (χ1) is 10.9. The van der Waals surface area contributed by atoms with E-state index < -0.39 is 11.8 Å². The molecule has 0 aromatic carbocycles. The predicted molar refractivity (Wildman–Crippen MR) is 87.1 cm³/mol. The number of nitrogens with one attached hydrogen (secondary N) is 2. The molecule has 0 radical (unpaired) electrons. The van der Waals surface area contributed by atoms with E-state index in [0.29, 0.717) is 5.69 Å². The maximum Gasteiger partial charge on any atom is 0.313 e. The van der Waals surface area contributed by atoms with Crippen molar-refractivity contribution in [1.29, 1.82) is 0 Å². The lowest BCUT2D eigenvalue weighted by Crippen LogP contribution is -2.35. The van der Waals surface area contributed by atoms with Crippen LogP contribution in [0.15, 0.2) is 18.3 Å². The molecule has 0 aliphatic carbocycles. The Morgan fingerprint density at radius 3 is 2.65 bits per heavy atom. The van der Waals surface area contributed by atoms with E-state index in [9.17, 15) is 9.59 Å². The quantitative estimate of drug-likeness (QED) is 0.659. The first-order valence-corrected chi connectivity index (χ1v) is 7.53. The summed E-state index contributed by atoms with van der Waals surface area (Å²) in [5, 5.41) is 9.68. The Morgan fingerprint density at radius 2 is 2.04 bits per heavy atom. The first-order valence-electron chi connectivity index (χ1n) is 7.16. The summed E-state index contributed by atoms with van der Waals surface area (Å²) in [7, 11) is 0. The number of pyridine rings is 1. The van der Waals surface area contributed by atoms with Crippen molar-refractivity contribution in [2.24, 2.45) is 0 Å². The molecule has 122 valence electrons. The van der Waals surface area contributed by atoms with Crippen LogP contribution in [0.4, 0.5) is 5.69 Å². The Balaban J connectivity index is 1.97. The Bertz CT molecular complexity index is 741. The molecule has 0 unspecified atom stereocenters. The number of carbonyl (C=O) groups is 2. The maximum absolute atomic E-state index is 11.9. The molecule has 2 amide bonds. The molecule has 0 aliphatic heterocycles. The molecule has 2 aromatic rings. The molecule has 2 heterocycles. The second kappa shape index (κ2) is 7.23. The lowest BCUT2D eigenvalue weighted by molar-refractivity contribution is -0.136. The smallest absolute Gasteiger partial charge is 0.313 e. The Hall–Kier alpha value is -2.41. The molecule has 7 nitrogen and oxygen atoms in total. The van der Waals surface area contributed by atoms with Gasteiger partial charge < -0.3 is 10.6 Å². The molecule has 2 N–H and O–H groups in total. The molecule has 2 rings (SSSR count). The van der Waals surface area contributed by atoms with Gasteiger partial charge in [0.05, 0.1) is 5.69 Å². The van der Waals surface area contributed by atoms with Crippen molar-refractivity contribution in [3.63, 3.8) is 0 Å². The number of carbonyl (C=O) groups excluding carboxylic acids is 2. The van der Waals surface area contributed by atoms with E-state index in [0.717, 1.165) is 23.5 Å². The average molecular weight is 336 g/mol. The summed E-state index contributed by atoms with van der Waals surface area (Å²) in [4.78, 5) is 27.6. The fourth-order valence-corrected chi connectivity index (χ4v) is 2.39. The number of nitrogens with zero attached hydrogens (tertiary/aromatic N) is 3. The minimum Gasteiger partial charge on any atom is -0.344 e. The number of hydrogen-bond acceptors (Lipinski definition) is 4. The third kappa shape index (κ3) is 4.07. The van der Waals surface area contributed by atoms with E-state index in [2.05, 4.69) is 20.7 Å². The lowest BCUT2D eigenvalue weighted by atomic mass is 10.2. The Kier molecular flexibility index (Phi) is 5.33. The summed E-state index contributed by atoms with van der Waals surface area (Å²) in [6, 6.07) is 3.02. The van der Waals surface area contributed by atoms with Gasteiger partial charge >= 0.3 is 11.8 Å². The molecule has 0 saturated heterocycles. The Labute approximate surface area is 139 Å². The van der Waals surface area contributed by atoms with Crippen LogP contribution < -0.4 is 10.6 Å². The summed E-state index contributed by atoms with van der Waals surface area (Å²) in [6.45, 7) is 6.81. The van der Waals surface area contributed by atoms with Crippen LogP contribution in [0.3, 0.4) is 0 Å². The summed E-state index contributed by atoms with van der Waals surface area (Å²) in [6.07, 6.45) is 1.45. The molecule has 0 bridgehead atoms. The van der Waals surface area contributed by atoms with E-state index in [4.69, 9.17) is 11.6 Å². The predicted octanol–water partition coefficient (Wildman–Crippen LogP) is 1.82. The fourth-order valence-electron chi connectivity index (χ4n) is 2.21. The molecule has 2 aromatic heterocycles. The molecule has 8 heteroatoms. The van der Waals surface area contributed by atoms with Gasteiger partial charge in [-0.05, 0) is 32.9 Å². The van der Waals surface area contributed by atoms with Gasteiger partial charge in [0.25, 0.3) is 0 Å². The largest absolute Gasteiger partial charge is 0.344 e. The Morgan fingerprint density at radius 1 is 1.30 bits per heavy atom. The van der Waals surface area contributed by atoms with Gasteiger partial charge in [-0.15, -0.1) is 0 Å². The van der Waals surface area contributed by atoms with Gasteiger partial charge in [-0.1, -0.05) is 11.6 Å². The second-order valence-corrected chi connectivity index (χ2v) is 5.36. The van der Waals surface area contributed by atoms with Crippen LogP contribution >= 0.6 is 11.6 Å². The molecule has 0 saturated carbocycles. The third-order valence-corrected chi connectivity index (χ3v) is 3.65. The highest BCUT2D eigenvalue weighted by atomic mass is 35.5. The molecule has 0 aliphatic rings. The highest BCUT2D eigenvalue weighted by Gasteiger charge is 2.16. The lowest BCUT2D eigenvalue weighted by Gasteiger charge is -2.07. The van der Waals surface area contributed by atoms with Crippen LogP contribution in [0.5, 0.6) is 0 Å². The molecule has 23 heavy (non-hydrogen) atoms. The highest BCUT2D eigenvalue weighted by molar-refractivity contribution is 6.39. The van der Waals surface area contributed by atoms with Gasteiger partial charge in [-0.3, -0.25) is 14.3 Å². The summed E-state index contributed by atoms with van der Waals surface area (Å²) in [5.74, 6) is -1.48. The van der Waals surface area contributed by atoms with Crippen molar-refractivity contribution in [2.45, 2.75) is 33.9 Å². The van der Waals surface area contributed by atoms with E-state index in [1.54, 1.807) is 6.07 Å². The minimum absolute atomic E-state index is 0.237. The van der Waals surface area contributed by atoms with Crippen LogP contribution in [0.1, 0.15) is 23.9 Å². The topological polar surface area (TPSA) is 88.9 Å². The van der Waals surface area contributed by atoms with Crippen LogP contribution in [-0.2, 0) is 22.7 Å². The van der Waals surface area contributed by atoms with Crippen LogP contribution in [-0.4, -0.2) is 26.6 Å². The van der Waals surface area contributed by atoms with Crippen molar-refractivity contribution >= 4 is 29.1 Å². The zero-order valence-corrected chi connectivity index (χ0v) is 13.9. The molecule has 0 spiro atoms. The van der Waals surface area contributed by atoms with Gasteiger partial charge in [-0.25, -0.2) is 4.98 Å². The van der Waals surface area contributed by atoms with Crippen LogP contribution in [0, 0.1) is 13.8 Å². The maximum atomic E-state index is 11.9. The minimum atomic E-state index is -0.759. The zero-order chi connectivity index (χ0) is 17.0. The number of rotatable bonds is 4. The molecular formula is C15H18ClN5O2. The van der Waals surface area contributed by atoms with E-state index >= 15 is 0 Å². The number of aryl methyl sites for hydroxylation is 2. The van der Waals surface area contributed by atoms with Gasteiger partial charge in [0.1, 0.15) is 5.15 Å². The summed E-state index contributed by atoms with van der Waals surface area (Å²) < 4.78 is 1.86. The highest BCUT2D eigenvalue weighted by Crippen LogP contribution is 2.13. The van der Waals surface area contributed by atoms with Crippen molar-refractivity contribution in [1.82, 2.24) is 20.1 Å². The van der Waals surface area contributed by atoms with Gasteiger partial charge in [0.15, 0.2) is 0 Å². The number of anilines is 1. The van der Waals surface area contributed by atoms with Crippen molar-refractivity contribution in [3.05, 3.63) is 40.4 Å². The van der Waals surface area contributed by atoms with E-state index in [1.165, 1.54) is 12.3 Å². The number of halogens is 1. The van der Waals surface area contributed by atoms with Crippen LogP contribution in [0.2, 0.25) is 5.15 Å². The standard InChI is InChI=1S/C15H18ClN5O2/c1-4-21-10(3)12(9(2)20-21)8-18-14(22)15(23)19-11-5-6-17-13(16)7-11/h5-7H,4,8H2,1-3H3,(H,18,22)(H,17,19,23). The summed E-state index contributed by atoms with van der Waals surface area (Å²) in [5.41, 5.74) is 3.15. The zero-order valence-electron chi connectivity index (χ0n) is 13.2. The van der Waals surface area contributed by atoms with Gasteiger partial charge in [0.2, 0.25) is 0 Å². The fraction of sp³-hybridized carbons (Fsp3) is 0.333. The van der Waals surface area contributed by atoms with Gasteiger partial charge in [-0.2, -0.15) is 5.10 Å². The third-order valence-electron chi connectivity index (χ3n) is 3.45. The SMILES string of the molecule is CCn1nc(C)c(CNC(=O)C(=O)Nc2ccnc(Cl)c2)c1C. The normalized spacial score (nSPS) is 10.4. The van der Waals surface area contributed by atoms with Crippen molar-refractivity contribution < 1.29 is 9.59 Å². The number of hydrogen-bond donors (Lipinski definition) is 2. The molecule has 0 fully saturated rings. The van der Waals surface area contributed by atoms with Gasteiger partial charge in [0, 0.05) is 36.2 Å². The van der Waals surface area contributed by atoms with E-state index in [-0.39, 0.29) is 11.7 Å². The van der Waals surface area contributed by atoms with Crippen LogP contribution in [0.25, 0.3) is 0 Å². The molecular weight excluding hydrogens is 318 g/mol. The van der Waals surface area contributed by atoms with E-state index in [1.807, 2.05) is 25.5 Å². The number of amides is 2. The summed E-state index contributed by atoms with van der Waals surface area (Å²) >= 11 is 5.73. The number of aromatic nitrogens is 3. The second-order valence-electron chi connectivity index (χ2n) is 4.97. The molecule has 0 atom stereocenters. The van der Waals surface area contributed by atoms with Crippen molar-refractivity contribution in [3.8, 4) is 0 Å². The van der Waals surface area contributed by atoms with Crippen molar-refractivity contribution in [2.75, 3.05) is 5.32 Å². The monoisotopic (exact) mass is 335 g/mol. The average Bonchev–Trinajstić information content (AvgIpc) is 2.79. The first kappa shape index (κ1) is 17.0.